The Balaban J connectivity index is 2.36. The van der Waals surface area contributed by atoms with E-state index in [4.69, 9.17) is 37.4 Å². The summed E-state index contributed by atoms with van der Waals surface area (Å²) in [6, 6.07) is 3.72. The van der Waals surface area contributed by atoms with Crippen molar-refractivity contribution in [1.29, 1.82) is 0 Å². The number of alkyl halides is 1. The van der Waals surface area contributed by atoms with Crippen LogP contribution in [-0.4, -0.2) is 26.9 Å². The van der Waals surface area contributed by atoms with Gasteiger partial charge in [0.15, 0.2) is 0 Å². The molecule has 0 amide bonds. The van der Waals surface area contributed by atoms with Gasteiger partial charge in [-0.3, -0.25) is 0 Å². The minimum absolute atomic E-state index is 0.146. The number of rotatable bonds is 4. The highest BCUT2D eigenvalue weighted by molar-refractivity contribution is 6.34. The number of halogens is 2. The summed E-state index contributed by atoms with van der Waals surface area (Å²) in [6.07, 6.45) is 1.09. The predicted molar refractivity (Wildman–Crippen MR) is 76.7 cm³/mol. The molecule has 5 heteroatoms. The van der Waals surface area contributed by atoms with Crippen LogP contribution in [-0.2, 0) is 4.74 Å². The van der Waals surface area contributed by atoms with Gasteiger partial charge in [0.1, 0.15) is 16.5 Å². The molecular formula is C14H18Cl2O3. The van der Waals surface area contributed by atoms with Crippen molar-refractivity contribution in [3.8, 4) is 11.5 Å². The van der Waals surface area contributed by atoms with Crippen LogP contribution in [0.5, 0.6) is 11.5 Å². The zero-order valence-corrected chi connectivity index (χ0v) is 12.8. The minimum atomic E-state index is -0.184. The van der Waals surface area contributed by atoms with Gasteiger partial charge in [-0.15, -0.1) is 11.6 Å². The molecule has 3 unspecified atom stereocenters. The predicted octanol–water partition coefficient (Wildman–Crippen LogP) is 4.06. The summed E-state index contributed by atoms with van der Waals surface area (Å²) in [5.41, 5.74) is 0.886. The van der Waals surface area contributed by atoms with Crippen LogP contribution in [0.4, 0.5) is 0 Å². The van der Waals surface area contributed by atoms with Crippen LogP contribution in [0.1, 0.15) is 24.3 Å². The lowest BCUT2D eigenvalue weighted by molar-refractivity contribution is 0.104. The van der Waals surface area contributed by atoms with Crippen molar-refractivity contribution >= 4 is 23.2 Å². The zero-order chi connectivity index (χ0) is 14.0. The Labute approximate surface area is 123 Å². The fraction of sp³-hybridized carbons (Fsp3) is 0.571. The molecule has 0 spiro atoms. The highest BCUT2D eigenvalue weighted by atomic mass is 35.5. The molecule has 1 aromatic carbocycles. The topological polar surface area (TPSA) is 27.7 Å². The lowest BCUT2D eigenvalue weighted by Gasteiger charge is -2.23. The van der Waals surface area contributed by atoms with Crippen LogP contribution < -0.4 is 9.47 Å². The third-order valence-electron chi connectivity index (χ3n) is 3.62. The molecule has 0 aliphatic carbocycles. The molecule has 1 heterocycles. The number of methoxy groups -OCH3 is 2. The fourth-order valence-electron chi connectivity index (χ4n) is 2.50. The monoisotopic (exact) mass is 304 g/mol. The Kier molecular flexibility index (Phi) is 4.82. The average Bonchev–Trinajstić information content (AvgIpc) is 2.83. The maximum atomic E-state index is 6.60. The molecule has 1 aliphatic heterocycles. The fourth-order valence-corrected chi connectivity index (χ4v) is 3.33. The van der Waals surface area contributed by atoms with Crippen LogP contribution in [0, 0.1) is 5.92 Å². The van der Waals surface area contributed by atoms with Gasteiger partial charge in [-0.25, -0.2) is 0 Å². The van der Waals surface area contributed by atoms with E-state index in [0.717, 1.165) is 18.6 Å². The molecule has 0 N–H and O–H groups in total. The normalized spacial score (nSPS) is 24.3. The van der Waals surface area contributed by atoms with E-state index in [9.17, 15) is 0 Å². The maximum absolute atomic E-state index is 6.60. The standard InChI is InChI=1S/C14H18Cl2O3/c1-8-9(6-7-19-8)12(15)10-4-5-11(17-2)13(16)14(10)18-3/h4-5,8-9,12H,6-7H2,1-3H3. The van der Waals surface area contributed by atoms with Gasteiger partial charge in [-0.2, -0.15) is 0 Å². The highest BCUT2D eigenvalue weighted by Gasteiger charge is 2.33. The summed E-state index contributed by atoms with van der Waals surface area (Å²) in [7, 11) is 3.16. The summed E-state index contributed by atoms with van der Waals surface area (Å²) in [4.78, 5) is 0. The highest BCUT2D eigenvalue weighted by Crippen LogP contribution is 2.46. The Hall–Kier alpha value is -0.640. The zero-order valence-electron chi connectivity index (χ0n) is 11.3. The molecule has 0 saturated carbocycles. The molecule has 0 aromatic heterocycles. The Bertz CT molecular complexity index is 451. The first kappa shape index (κ1) is 14.8. The smallest absolute Gasteiger partial charge is 0.145 e. The van der Waals surface area contributed by atoms with Crippen LogP contribution in [0.15, 0.2) is 12.1 Å². The Morgan fingerprint density at radius 1 is 1.32 bits per heavy atom. The van der Waals surface area contributed by atoms with Gasteiger partial charge in [-0.1, -0.05) is 17.7 Å². The molecule has 3 atom stereocenters. The van der Waals surface area contributed by atoms with Gasteiger partial charge >= 0.3 is 0 Å². The molecular weight excluding hydrogens is 287 g/mol. The maximum Gasteiger partial charge on any atom is 0.145 e. The molecule has 1 saturated heterocycles. The quantitative estimate of drug-likeness (QED) is 0.785. The minimum Gasteiger partial charge on any atom is -0.495 e. The average molecular weight is 305 g/mol. The summed E-state index contributed by atoms with van der Waals surface area (Å²) in [5, 5.41) is 0.274. The number of hydrogen-bond acceptors (Lipinski definition) is 3. The second-order valence-electron chi connectivity index (χ2n) is 4.63. The van der Waals surface area contributed by atoms with Crippen molar-refractivity contribution in [3.05, 3.63) is 22.7 Å². The summed E-state index contributed by atoms with van der Waals surface area (Å²) < 4.78 is 16.2. The van der Waals surface area contributed by atoms with Crippen molar-refractivity contribution in [1.82, 2.24) is 0 Å². The number of hydrogen-bond donors (Lipinski definition) is 0. The van der Waals surface area contributed by atoms with Crippen molar-refractivity contribution in [2.75, 3.05) is 20.8 Å². The van der Waals surface area contributed by atoms with Gasteiger partial charge < -0.3 is 14.2 Å². The molecule has 1 aliphatic rings. The molecule has 0 radical (unpaired) electrons. The Morgan fingerprint density at radius 2 is 2.05 bits per heavy atom. The van der Waals surface area contributed by atoms with E-state index < -0.39 is 0 Å². The lowest BCUT2D eigenvalue weighted by atomic mass is 9.92. The summed E-state index contributed by atoms with van der Waals surface area (Å²) in [6.45, 7) is 2.80. The van der Waals surface area contributed by atoms with Gasteiger partial charge in [-0.05, 0) is 19.4 Å². The Morgan fingerprint density at radius 3 is 2.58 bits per heavy atom. The molecule has 0 bridgehead atoms. The number of ether oxygens (including phenoxy) is 3. The van der Waals surface area contributed by atoms with E-state index in [1.165, 1.54) is 0 Å². The van der Waals surface area contributed by atoms with Crippen LogP contribution in [0.2, 0.25) is 5.02 Å². The van der Waals surface area contributed by atoms with Crippen molar-refractivity contribution in [2.45, 2.75) is 24.8 Å². The van der Waals surface area contributed by atoms with Gasteiger partial charge in [0, 0.05) is 18.1 Å². The summed E-state index contributed by atoms with van der Waals surface area (Å²) in [5.74, 6) is 1.43. The van der Waals surface area contributed by atoms with Crippen molar-refractivity contribution in [2.24, 2.45) is 5.92 Å². The molecule has 1 fully saturated rings. The van der Waals surface area contributed by atoms with E-state index in [1.807, 2.05) is 19.1 Å². The van der Waals surface area contributed by atoms with Crippen LogP contribution in [0.25, 0.3) is 0 Å². The SMILES string of the molecule is COc1ccc(C(Cl)C2CCOC2C)c(OC)c1Cl. The number of benzene rings is 1. The van der Waals surface area contributed by atoms with E-state index >= 15 is 0 Å². The third kappa shape index (κ3) is 2.78. The van der Waals surface area contributed by atoms with Crippen LogP contribution >= 0.6 is 23.2 Å². The first-order valence-corrected chi connectivity index (χ1v) is 7.07. The molecule has 19 heavy (non-hydrogen) atoms. The van der Waals surface area contributed by atoms with Gasteiger partial charge in [0.25, 0.3) is 0 Å². The molecule has 1 aromatic rings. The first-order chi connectivity index (χ1) is 9.10. The molecule has 2 rings (SSSR count). The first-order valence-electron chi connectivity index (χ1n) is 6.26. The largest absolute Gasteiger partial charge is 0.495 e. The third-order valence-corrected chi connectivity index (χ3v) is 4.54. The van der Waals surface area contributed by atoms with E-state index in [2.05, 4.69) is 0 Å². The van der Waals surface area contributed by atoms with Crippen LogP contribution in [0.3, 0.4) is 0 Å². The second kappa shape index (κ2) is 6.21. The second-order valence-corrected chi connectivity index (χ2v) is 5.48. The summed E-state index contributed by atoms with van der Waals surface area (Å²) >= 11 is 12.9. The van der Waals surface area contributed by atoms with Gasteiger partial charge in [0.2, 0.25) is 0 Å². The van der Waals surface area contributed by atoms with Crippen molar-refractivity contribution < 1.29 is 14.2 Å². The lowest BCUT2D eigenvalue weighted by Crippen LogP contribution is -2.17. The van der Waals surface area contributed by atoms with Crippen molar-refractivity contribution in [3.63, 3.8) is 0 Å². The molecule has 106 valence electrons. The van der Waals surface area contributed by atoms with E-state index in [0.29, 0.717) is 16.5 Å². The van der Waals surface area contributed by atoms with Gasteiger partial charge in [0.05, 0.1) is 25.7 Å². The van der Waals surface area contributed by atoms with E-state index in [1.54, 1.807) is 14.2 Å². The molecule has 3 nitrogen and oxygen atoms in total. The van der Waals surface area contributed by atoms with E-state index in [-0.39, 0.29) is 17.4 Å².